The van der Waals surface area contributed by atoms with E-state index >= 15 is 0 Å². The number of hydrogen-bond donors (Lipinski definition) is 0. The van der Waals surface area contributed by atoms with Gasteiger partial charge in [0.1, 0.15) is 0 Å². The Kier molecular flexibility index (Phi) is 4.64. The van der Waals surface area contributed by atoms with Crippen LogP contribution in [0.15, 0.2) is 59.7 Å². The normalized spacial score (nSPS) is 10.4. The minimum absolute atomic E-state index is 0.480. The lowest BCUT2D eigenvalue weighted by Gasteiger charge is -2.07. The van der Waals surface area contributed by atoms with Gasteiger partial charge in [-0.15, -0.1) is 0 Å². The molecule has 0 unspecified atom stereocenters. The standard InChI is InChI=1S/C19H19N5/c1-14-19(17-6-4-3-5-7-17)15(2)24(22-14)18-10-8-16(9-11-18)12-13-21-23-20/h3-11H,12-13H2,1-2H3. The van der Waals surface area contributed by atoms with Crippen molar-refractivity contribution in [3.05, 3.63) is 82.0 Å². The average molecular weight is 317 g/mol. The number of rotatable bonds is 5. The molecule has 0 saturated carbocycles. The Hall–Kier alpha value is -3.04. The maximum atomic E-state index is 8.34. The highest BCUT2D eigenvalue weighted by molar-refractivity contribution is 5.69. The zero-order chi connectivity index (χ0) is 16.9. The number of hydrogen-bond acceptors (Lipinski definition) is 2. The molecule has 3 rings (SSSR count). The second-order valence-electron chi connectivity index (χ2n) is 5.69. The van der Waals surface area contributed by atoms with Crippen LogP contribution in [0.25, 0.3) is 27.3 Å². The molecule has 0 radical (unpaired) electrons. The summed E-state index contributed by atoms with van der Waals surface area (Å²) in [5.41, 5.74) is 15.0. The van der Waals surface area contributed by atoms with Crippen LogP contribution in [0.3, 0.4) is 0 Å². The quantitative estimate of drug-likeness (QED) is 0.370. The smallest absolute Gasteiger partial charge is 0.0679 e. The highest BCUT2D eigenvalue weighted by Gasteiger charge is 2.14. The highest BCUT2D eigenvalue weighted by atomic mass is 15.3. The maximum absolute atomic E-state index is 8.34. The van der Waals surface area contributed by atoms with Crippen molar-refractivity contribution >= 4 is 0 Å². The second-order valence-corrected chi connectivity index (χ2v) is 5.69. The van der Waals surface area contributed by atoms with Crippen molar-refractivity contribution in [2.24, 2.45) is 5.11 Å². The first-order chi connectivity index (χ1) is 11.7. The summed E-state index contributed by atoms with van der Waals surface area (Å²) in [6.07, 6.45) is 0.747. The van der Waals surface area contributed by atoms with Gasteiger partial charge in [-0.05, 0) is 49.1 Å². The SMILES string of the molecule is Cc1nn(-c2ccc(CCN=[N+]=[N-])cc2)c(C)c1-c1ccccc1. The molecule has 3 aromatic rings. The minimum Gasteiger partial charge on any atom is -0.237 e. The van der Waals surface area contributed by atoms with Crippen LogP contribution in [0.2, 0.25) is 0 Å². The molecule has 0 fully saturated rings. The van der Waals surface area contributed by atoms with Gasteiger partial charge in [0.2, 0.25) is 0 Å². The zero-order valence-corrected chi connectivity index (χ0v) is 13.8. The first-order valence-corrected chi connectivity index (χ1v) is 7.92. The lowest BCUT2D eigenvalue weighted by molar-refractivity contribution is 0.832. The molecule has 0 atom stereocenters. The van der Waals surface area contributed by atoms with Crippen molar-refractivity contribution in [2.75, 3.05) is 6.54 Å². The van der Waals surface area contributed by atoms with Crippen LogP contribution in [0, 0.1) is 13.8 Å². The highest BCUT2D eigenvalue weighted by Crippen LogP contribution is 2.28. The summed E-state index contributed by atoms with van der Waals surface area (Å²) in [6.45, 7) is 4.62. The Morgan fingerprint density at radius 1 is 1.04 bits per heavy atom. The van der Waals surface area contributed by atoms with Crippen LogP contribution >= 0.6 is 0 Å². The molecular weight excluding hydrogens is 298 g/mol. The summed E-state index contributed by atoms with van der Waals surface area (Å²) in [7, 11) is 0. The predicted octanol–water partition coefficient (Wildman–Crippen LogP) is 5.01. The van der Waals surface area contributed by atoms with Crippen molar-refractivity contribution < 1.29 is 0 Å². The Morgan fingerprint density at radius 3 is 2.42 bits per heavy atom. The van der Waals surface area contributed by atoms with Crippen LogP contribution in [0.4, 0.5) is 0 Å². The fraction of sp³-hybridized carbons (Fsp3) is 0.211. The first-order valence-electron chi connectivity index (χ1n) is 7.92. The molecule has 5 nitrogen and oxygen atoms in total. The molecule has 0 amide bonds. The third-order valence-corrected chi connectivity index (χ3v) is 4.10. The van der Waals surface area contributed by atoms with E-state index in [1.807, 2.05) is 29.8 Å². The maximum Gasteiger partial charge on any atom is 0.0679 e. The van der Waals surface area contributed by atoms with Gasteiger partial charge in [0.15, 0.2) is 0 Å². The molecule has 1 aromatic heterocycles. The Bertz CT molecular complexity index is 872. The average Bonchev–Trinajstić information content (AvgIpc) is 2.91. The van der Waals surface area contributed by atoms with E-state index in [1.165, 1.54) is 11.1 Å². The predicted molar refractivity (Wildman–Crippen MR) is 96.2 cm³/mol. The van der Waals surface area contributed by atoms with Crippen molar-refractivity contribution in [3.63, 3.8) is 0 Å². The van der Waals surface area contributed by atoms with Crippen LogP contribution in [-0.2, 0) is 6.42 Å². The Labute approximate surface area is 141 Å². The topological polar surface area (TPSA) is 66.6 Å². The van der Waals surface area contributed by atoms with E-state index < -0.39 is 0 Å². The van der Waals surface area contributed by atoms with Gasteiger partial charge >= 0.3 is 0 Å². The van der Waals surface area contributed by atoms with Crippen molar-refractivity contribution in [1.29, 1.82) is 0 Å². The number of azide groups is 1. The summed E-state index contributed by atoms with van der Waals surface area (Å²) in [6, 6.07) is 18.6. The van der Waals surface area contributed by atoms with Gasteiger partial charge in [-0.3, -0.25) is 0 Å². The summed E-state index contributed by atoms with van der Waals surface area (Å²) in [5, 5.41) is 8.29. The molecule has 1 heterocycles. The van der Waals surface area contributed by atoms with Crippen LogP contribution in [0.5, 0.6) is 0 Å². The monoisotopic (exact) mass is 317 g/mol. The van der Waals surface area contributed by atoms with E-state index in [-0.39, 0.29) is 0 Å². The van der Waals surface area contributed by atoms with Gasteiger partial charge in [-0.2, -0.15) is 5.10 Å². The fourth-order valence-corrected chi connectivity index (χ4v) is 2.94. The molecule has 0 N–H and O–H groups in total. The summed E-state index contributed by atoms with van der Waals surface area (Å²) in [4.78, 5) is 2.78. The first kappa shape index (κ1) is 15.8. The molecule has 0 spiro atoms. The molecule has 0 bridgehead atoms. The number of nitrogens with zero attached hydrogens (tertiary/aromatic N) is 5. The van der Waals surface area contributed by atoms with Gasteiger partial charge in [0.25, 0.3) is 0 Å². The number of aromatic nitrogens is 2. The van der Waals surface area contributed by atoms with Gasteiger partial charge in [0.05, 0.1) is 11.4 Å². The van der Waals surface area contributed by atoms with E-state index in [4.69, 9.17) is 10.6 Å². The molecule has 24 heavy (non-hydrogen) atoms. The number of aryl methyl sites for hydroxylation is 1. The lowest BCUT2D eigenvalue weighted by atomic mass is 10.0. The van der Waals surface area contributed by atoms with Crippen molar-refractivity contribution in [1.82, 2.24) is 9.78 Å². The molecule has 0 aliphatic heterocycles. The van der Waals surface area contributed by atoms with E-state index in [2.05, 4.69) is 53.3 Å². The molecule has 120 valence electrons. The van der Waals surface area contributed by atoms with Crippen LogP contribution in [0.1, 0.15) is 17.0 Å². The van der Waals surface area contributed by atoms with Crippen LogP contribution < -0.4 is 0 Å². The summed E-state index contributed by atoms with van der Waals surface area (Å²) < 4.78 is 1.98. The van der Waals surface area contributed by atoms with Crippen LogP contribution in [-0.4, -0.2) is 16.3 Å². The van der Waals surface area contributed by atoms with Gasteiger partial charge in [-0.25, -0.2) is 4.68 Å². The zero-order valence-electron chi connectivity index (χ0n) is 13.8. The Balaban J connectivity index is 1.92. The molecule has 5 heteroatoms. The van der Waals surface area contributed by atoms with E-state index in [1.54, 1.807) is 0 Å². The lowest BCUT2D eigenvalue weighted by Crippen LogP contribution is -1.99. The third kappa shape index (κ3) is 3.16. The molecule has 0 saturated heterocycles. The minimum atomic E-state index is 0.480. The number of benzene rings is 2. The van der Waals surface area contributed by atoms with Crippen molar-refractivity contribution in [2.45, 2.75) is 20.3 Å². The largest absolute Gasteiger partial charge is 0.237 e. The summed E-state index contributed by atoms with van der Waals surface area (Å²) in [5.74, 6) is 0. The second kappa shape index (κ2) is 7.02. The fourth-order valence-electron chi connectivity index (χ4n) is 2.94. The Morgan fingerprint density at radius 2 is 1.75 bits per heavy atom. The molecular formula is C19H19N5. The molecule has 0 aliphatic carbocycles. The van der Waals surface area contributed by atoms with E-state index in [0.29, 0.717) is 6.54 Å². The van der Waals surface area contributed by atoms with Gasteiger partial charge in [-0.1, -0.05) is 47.6 Å². The van der Waals surface area contributed by atoms with Gasteiger partial charge in [0, 0.05) is 22.7 Å². The van der Waals surface area contributed by atoms with Crippen molar-refractivity contribution in [3.8, 4) is 16.8 Å². The van der Waals surface area contributed by atoms with E-state index in [0.717, 1.165) is 29.1 Å². The molecule has 2 aromatic carbocycles. The molecule has 0 aliphatic rings. The van der Waals surface area contributed by atoms with Gasteiger partial charge < -0.3 is 0 Å². The summed E-state index contributed by atoms with van der Waals surface area (Å²) >= 11 is 0. The third-order valence-electron chi connectivity index (χ3n) is 4.10. The van der Waals surface area contributed by atoms with E-state index in [9.17, 15) is 0 Å².